The highest BCUT2D eigenvalue weighted by molar-refractivity contribution is 7.85. The van der Waals surface area contributed by atoms with E-state index in [-0.39, 0.29) is 37.9 Å². The summed E-state index contributed by atoms with van der Waals surface area (Å²) in [6.07, 6.45) is 19.0. The lowest BCUT2D eigenvalue weighted by Crippen LogP contribution is -2.51. The maximum atomic E-state index is 11.8. The number of pyridine rings is 1. The Kier molecular flexibility index (Phi) is 39.1. The third-order valence-electron chi connectivity index (χ3n) is 18.2. The van der Waals surface area contributed by atoms with E-state index in [1.165, 1.54) is 139 Å². The number of aliphatic hydroxyl groups is 1. The first-order valence-electron chi connectivity index (χ1n) is 34.2. The third kappa shape index (κ3) is 32.8. The molecule has 15 nitrogen and oxygen atoms in total. The van der Waals surface area contributed by atoms with Crippen LogP contribution in [0.25, 0.3) is 0 Å². The van der Waals surface area contributed by atoms with E-state index in [1.54, 1.807) is 56.2 Å². The molecule has 11 rings (SSSR count). The molecule has 6 unspecified atom stereocenters. The lowest BCUT2D eigenvalue weighted by Gasteiger charge is -2.59. The fourth-order valence-electron chi connectivity index (χ4n) is 12.0. The molecule has 4 amide bonds. The van der Waals surface area contributed by atoms with Crippen LogP contribution in [0.5, 0.6) is 11.5 Å². The molecular weight excluding hydrogens is 1280 g/mol. The number of alkyl halides is 6. The molecule has 3 fully saturated rings. The highest BCUT2D eigenvalue weighted by Crippen LogP contribution is 2.61. The van der Waals surface area contributed by atoms with Crippen molar-refractivity contribution in [2.75, 3.05) is 60.9 Å². The molecule has 3 N–H and O–H groups in total. The molecule has 546 valence electrons. The van der Waals surface area contributed by atoms with Gasteiger partial charge in [-0.1, -0.05) is 124 Å². The number of amides is 4. The van der Waals surface area contributed by atoms with E-state index in [0.29, 0.717) is 16.5 Å². The van der Waals surface area contributed by atoms with Crippen LogP contribution in [0.3, 0.4) is 0 Å². The summed E-state index contributed by atoms with van der Waals surface area (Å²) in [6.45, 7) is 15.7. The molecule has 0 radical (unpaired) electrons. The Morgan fingerprint density at radius 1 is 0.691 bits per heavy atom. The van der Waals surface area contributed by atoms with Gasteiger partial charge in [0.2, 0.25) is 11.8 Å². The van der Waals surface area contributed by atoms with Crippen molar-refractivity contribution in [3.05, 3.63) is 136 Å². The van der Waals surface area contributed by atoms with Crippen LogP contribution in [-0.2, 0) is 56.6 Å². The molecule has 3 aromatic carbocycles. The zero-order valence-electron chi connectivity index (χ0n) is 60.3. The van der Waals surface area contributed by atoms with Crippen molar-refractivity contribution in [3.8, 4) is 11.5 Å². The molecular formula is C75H113F6N5O10S. The Morgan fingerprint density at radius 3 is 1.63 bits per heavy atom. The van der Waals surface area contributed by atoms with E-state index >= 15 is 0 Å². The molecule has 97 heavy (non-hydrogen) atoms. The number of benzene rings is 3. The van der Waals surface area contributed by atoms with Crippen molar-refractivity contribution in [2.45, 2.75) is 184 Å². The van der Waals surface area contributed by atoms with Crippen molar-refractivity contribution in [1.82, 2.24) is 20.1 Å². The Labute approximate surface area is 575 Å². The zero-order valence-corrected chi connectivity index (χ0v) is 61.1. The first-order chi connectivity index (χ1) is 45.6. The predicted octanol–water partition coefficient (Wildman–Crippen LogP) is 15.5. The Bertz CT molecular complexity index is 3190. The number of imide groups is 1. The molecule has 6 aliphatic carbocycles. The first-order valence-corrected chi connectivity index (χ1v) is 36.0. The Morgan fingerprint density at radius 2 is 1.21 bits per heavy atom. The van der Waals surface area contributed by atoms with Crippen LogP contribution in [0.15, 0.2) is 102 Å². The maximum Gasteiger partial charge on any atom is 0.405 e. The van der Waals surface area contributed by atoms with Crippen LogP contribution < -0.4 is 25.6 Å². The van der Waals surface area contributed by atoms with Crippen molar-refractivity contribution in [3.63, 3.8) is 0 Å². The van der Waals surface area contributed by atoms with Crippen LogP contribution in [0.1, 0.15) is 189 Å². The fourth-order valence-corrected chi connectivity index (χ4v) is 12.4. The van der Waals surface area contributed by atoms with E-state index in [9.17, 15) is 53.9 Å². The number of halogens is 6. The van der Waals surface area contributed by atoms with Crippen LogP contribution in [0.4, 0.5) is 26.3 Å². The number of aryl methyl sites for hydroxylation is 4. The lowest BCUT2D eigenvalue weighted by atomic mass is 9.46. The van der Waals surface area contributed by atoms with Gasteiger partial charge in [0.25, 0.3) is 21.9 Å². The molecule has 3 saturated carbocycles. The number of hydrogen-bond acceptors (Lipinski definition) is 11. The summed E-state index contributed by atoms with van der Waals surface area (Å²) in [5.41, 5.74) is 8.75. The van der Waals surface area contributed by atoms with Crippen LogP contribution in [-0.4, -0.2) is 120 Å². The SMILES string of the molecule is CC.CC(CCO)C(=O)NCC(F)(F)F.CC(CCOS(C)(=O)=O)C(=O)NCC(F)(F)F.CC1CC=CCC1.CC1CCC2CC1C2(C)C.CN1C(=O)c2ccccc2C1=O.CN=c1ccccn1C.COc1ccc2c(c1)CCCCC2.COc1ccc2c(c1)CCC[C@H](C)C2. The van der Waals surface area contributed by atoms with Gasteiger partial charge < -0.3 is 29.8 Å². The first kappa shape index (κ1) is 86.6. The standard InChI is InChI=1S/C13H18O.C12H16O.C10H18.C9H7NO2.C8H14F3NO4S.C7H12F3NO2.C7H10N2.C7H12.C2H6/c1-10-4-3-5-11-9-13(14-2)7-6-12(11)8-10;1-13-12-8-7-10-5-3-2-4-6-11(10)9-12;1-7-4-5-8-6-9(7)10(8,2)3;1-10-8(11)6-4-2-3-5-7(6)9(10)12;1-6(3-4-16-17(2,14)15)7(13)12-5-8(9,10)11;1-5(2-3-12)6(13)11-4-7(8,9)10;1-8-7-5-3-4-6-9(7)2;1-7-5-3-2-4-6-7;1-2/h6-7,9-10H,3-5,8H2,1-2H3;7-9H,2-6H2,1H3;7-9H,4-6H2,1-3H3;2-5H,1H3;6H,3-5H2,1-2H3,(H,12,13);5,12H,2-4H2,1H3,(H,11,13);3-6H,1-2H3;2-3,7H,4-6H2,1H3;1-2H3/t10-;;;;;;;;/m0......../s1. The number of aliphatic hydroxyl groups excluding tert-OH is 1. The Hall–Kier alpha value is -6.52. The summed E-state index contributed by atoms with van der Waals surface area (Å²) in [6, 6.07) is 25.8. The number of hydrogen-bond donors (Lipinski definition) is 3. The van der Waals surface area contributed by atoms with Gasteiger partial charge in [-0.05, 0) is 196 Å². The summed E-state index contributed by atoms with van der Waals surface area (Å²) in [5.74, 6) is 3.69. The van der Waals surface area contributed by atoms with Crippen molar-refractivity contribution >= 4 is 33.7 Å². The molecule has 7 atom stereocenters. The van der Waals surface area contributed by atoms with Gasteiger partial charge in [-0.25, -0.2) is 0 Å². The van der Waals surface area contributed by atoms with E-state index in [4.69, 9.17) is 14.6 Å². The van der Waals surface area contributed by atoms with Crippen molar-refractivity contribution < 1.29 is 72.7 Å². The van der Waals surface area contributed by atoms with E-state index in [1.807, 2.05) is 49.9 Å². The number of carbonyl (C=O) groups is 4. The Balaban J connectivity index is 0.000000379. The second kappa shape index (κ2) is 43.8. The number of nitrogens with zero attached hydrogens (tertiary/aromatic N) is 3. The van der Waals surface area contributed by atoms with E-state index in [2.05, 4.69) is 92.3 Å². The molecule has 1 aromatic heterocycles. The van der Waals surface area contributed by atoms with E-state index in [0.717, 1.165) is 57.7 Å². The second-order valence-electron chi connectivity index (χ2n) is 26.2. The average Bonchev–Trinajstić information content (AvgIpc) is 1.41. The third-order valence-corrected chi connectivity index (χ3v) is 18.7. The number of rotatable bonds is 12. The number of ether oxygens (including phenoxy) is 2. The van der Waals surface area contributed by atoms with Gasteiger partial charge >= 0.3 is 12.4 Å². The molecule has 7 aliphatic rings. The molecule has 0 spiro atoms. The smallest absolute Gasteiger partial charge is 0.405 e. The summed E-state index contributed by atoms with van der Waals surface area (Å²) in [7, 11) is 5.13. The number of fused-ring (bicyclic) bond motifs is 5. The molecule has 1 aliphatic heterocycles. The van der Waals surface area contributed by atoms with Gasteiger partial charge in [-0.15, -0.1) is 0 Å². The summed E-state index contributed by atoms with van der Waals surface area (Å²) >= 11 is 0. The minimum Gasteiger partial charge on any atom is -0.497 e. The topological polar surface area (TPSA) is 195 Å². The number of aromatic nitrogens is 1. The van der Waals surface area contributed by atoms with Crippen LogP contribution in [0.2, 0.25) is 0 Å². The van der Waals surface area contributed by atoms with Crippen LogP contribution >= 0.6 is 0 Å². The highest BCUT2D eigenvalue weighted by Gasteiger charge is 2.52. The van der Waals surface area contributed by atoms with Gasteiger partial charge in [0, 0.05) is 45.8 Å². The molecule has 2 bridgehead atoms. The maximum absolute atomic E-state index is 11.8. The van der Waals surface area contributed by atoms with Crippen LogP contribution in [0, 0.1) is 46.8 Å². The average molecular weight is 1390 g/mol. The highest BCUT2D eigenvalue weighted by atomic mass is 32.2. The zero-order chi connectivity index (χ0) is 73.1. The quantitative estimate of drug-likeness (QED) is 0.0404. The summed E-state index contributed by atoms with van der Waals surface area (Å²) in [5, 5.41) is 11.8. The van der Waals surface area contributed by atoms with Crippen molar-refractivity contribution in [2.24, 2.45) is 58.9 Å². The second-order valence-corrected chi connectivity index (χ2v) is 27.9. The molecule has 22 heteroatoms. The number of allylic oxidation sites excluding steroid dienone is 2. The van der Waals surface area contributed by atoms with E-state index < -0.39 is 59.2 Å². The van der Waals surface area contributed by atoms with Gasteiger partial charge in [0.1, 0.15) is 30.1 Å². The molecule has 4 aromatic rings. The number of nitrogens with one attached hydrogen (secondary N) is 2. The van der Waals surface area contributed by atoms with Gasteiger partial charge in [0.15, 0.2) is 0 Å². The van der Waals surface area contributed by atoms with Gasteiger partial charge in [-0.2, -0.15) is 34.8 Å². The minimum atomic E-state index is -4.46. The van der Waals surface area contributed by atoms with Crippen molar-refractivity contribution in [1.29, 1.82) is 0 Å². The van der Waals surface area contributed by atoms with Gasteiger partial charge in [-0.3, -0.25) is 33.3 Å². The normalized spacial score (nSPS) is 20.0. The molecule has 2 heterocycles. The summed E-state index contributed by atoms with van der Waals surface area (Å²) < 4.78 is 108. The monoisotopic (exact) mass is 1390 g/mol. The number of carbonyl (C=O) groups excluding carboxylic acids is 4. The predicted molar refractivity (Wildman–Crippen MR) is 374 cm³/mol. The largest absolute Gasteiger partial charge is 0.497 e. The van der Waals surface area contributed by atoms with Gasteiger partial charge in [0.05, 0.1) is 38.2 Å². The number of methoxy groups -OCH3 is 2. The minimum absolute atomic E-state index is 0.0246. The summed E-state index contributed by atoms with van der Waals surface area (Å²) in [4.78, 5) is 49.8. The lowest BCUT2D eigenvalue weighted by molar-refractivity contribution is -0.140. The fraction of sp³-hybridized carbons (Fsp3) is 0.613. The molecule has 0 saturated heterocycles.